The van der Waals surface area contributed by atoms with Crippen LogP contribution < -0.4 is 0 Å². The van der Waals surface area contributed by atoms with Crippen LogP contribution in [0.3, 0.4) is 0 Å². The number of hydrogen-bond donors (Lipinski definition) is 0. The minimum Gasteiger partial charge on any atom is -0.748 e. The van der Waals surface area contributed by atoms with E-state index in [4.69, 9.17) is 9.97 Å². The van der Waals surface area contributed by atoms with Crippen LogP contribution in [0.25, 0.3) is 11.1 Å². The second-order valence-electron chi connectivity index (χ2n) is 12.7. The van der Waals surface area contributed by atoms with Crippen LogP contribution in [-0.2, 0) is 27.6 Å². The molecule has 43 heavy (non-hydrogen) atoms. The minimum atomic E-state index is -0.521. The molecule has 0 spiro atoms. The van der Waals surface area contributed by atoms with Gasteiger partial charge < -0.3 is 30.3 Å². The number of nitrogens with zero attached hydrogens (tertiary/aromatic N) is 2. The Labute approximate surface area is 272 Å². The molecule has 3 aromatic carbocycles. The van der Waals surface area contributed by atoms with Crippen molar-refractivity contribution in [1.82, 2.24) is 9.97 Å². The van der Waals surface area contributed by atoms with Gasteiger partial charge in [0.1, 0.15) is 0 Å². The molecule has 226 valence electrons. The average molecular weight is 643 g/mol. The fraction of sp³-hybridized carbons (Fsp3) is 0.316. The molecule has 2 aromatic heterocycles. The van der Waals surface area contributed by atoms with E-state index >= 15 is 0 Å². The van der Waals surface area contributed by atoms with Gasteiger partial charge >= 0.3 is 0 Å². The van der Waals surface area contributed by atoms with Crippen LogP contribution in [0.5, 0.6) is 0 Å². The zero-order valence-electron chi connectivity index (χ0n) is 24.5. The molecule has 5 aromatic rings. The molecule has 4 aliphatic rings. The molecule has 2 atom stereocenters. The van der Waals surface area contributed by atoms with Crippen LogP contribution in [0, 0.1) is 23.7 Å². The van der Waals surface area contributed by atoms with E-state index < -0.39 is 5.16 Å². The van der Waals surface area contributed by atoms with Crippen molar-refractivity contribution >= 4 is 18.5 Å². The van der Waals surface area contributed by atoms with Gasteiger partial charge in [0.15, 0.2) is 0 Å². The molecule has 0 amide bonds. The third-order valence-electron chi connectivity index (χ3n) is 10.5. The van der Waals surface area contributed by atoms with Gasteiger partial charge in [0.2, 0.25) is 0 Å². The van der Waals surface area contributed by atoms with Gasteiger partial charge in [-0.2, -0.15) is 11.6 Å². The Bertz CT molecular complexity index is 1500. The third kappa shape index (κ3) is 5.42. The van der Waals surface area contributed by atoms with Crippen LogP contribution in [-0.4, -0.2) is 16.1 Å². The van der Waals surface area contributed by atoms with E-state index in [-0.39, 0.29) is 22.5 Å². The maximum Gasteiger partial charge on any atom is 0.0710 e. The number of hydrogen-bond acceptors (Lipinski definition) is 2. The molecule has 2 nitrogen and oxygen atoms in total. The van der Waals surface area contributed by atoms with E-state index in [9.17, 15) is 0 Å². The fourth-order valence-corrected chi connectivity index (χ4v) is 10.3. The maximum atomic E-state index is 4.95. The normalized spacial score (nSPS) is 25.4. The molecular formula is C38H40FeN2P2-6. The second kappa shape index (κ2) is 12.9. The number of pyridine rings is 2. The first-order valence-corrected chi connectivity index (χ1v) is 16.9. The quantitative estimate of drug-likeness (QED) is 0.105. The average Bonchev–Trinajstić information content (AvgIpc) is 3.77. The van der Waals surface area contributed by atoms with Crippen molar-refractivity contribution < 1.29 is 17.1 Å². The van der Waals surface area contributed by atoms with E-state index in [1.54, 1.807) is 5.56 Å². The molecular weight excluding hydrogens is 602 g/mol. The summed E-state index contributed by atoms with van der Waals surface area (Å²) in [6, 6.07) is 38.5. The zero-order chi connectivity index (χ0) is 28.6. The van der Waals surface area contributed by atoms with E-state index in [2.05, 4.69) is 85.2 Å². The molecule has 4 saturated carbocycles. The van der Waals surface area contributed by atoms with Crippen molar-refractivity contribution in [3.8, 4) is 11.1 Å². The Morgan fingerprint density at radius 2 is 1.23 bits per heavy atom. The maximum absolute atomic E-state index is 4.95. The summed E-state index contributed by atoms with van der Waals surface area (Å²) in [6.45, 7) is 0. The van der Waals surface area contributed by atoms with Gasteiger partial charge in [0, 0.05) is 29.5 Å². The summed E-state index contributed by atoms with van der Waals surface area (Å²) in [5.74, 6) is 3.39. The van der Waals surface area contributed by atoms with Crippen molar-refractivity contribution in [2.75, 3.05) is 6.16 Å². The fourth-order valence-electron chi connectivity index (χ4n) is 8.85. The standard InChI is InChI=1S/C33H35N2P2.C5H5.Fe/c36-21-32(26-15-22-14-23(17-26)18-27(32)16-22)28-19-25(24-8-2-1-3-9-24)20-29(28)33(37,30-10-4-6-12-34-30)31-11-5-7-13-35-31;1-2-4-5-3-1;/h1-13,19-20,22-23,26-27H,14-18,21,36-37H2;1-5H;/q-1;-5;. The molecule has 4 fully saturated rings. The number of aromatic nitrogens is 2. The smallest absolute Gasteiger partial charge is 0.0710 e. The van der Waals surface area contributed by atoms with Gasteiger partial charge in [-0.3, -0.25) is 9.97 Å². The topological polar surface area (TPSA) is 25.8 Å². The van der Waals surface area contributed by atoms with Gasteiger partial charge in [0.05, 0.1) is 16.5 Å². The van der Waals surface area contributed by atoms with E-state index in [0.29, 0.717) is 0 Å². The van der Waals surface area contributed by atoms with Crippen molar-refractivity contribution in [2.24, 2.45) is 23.7 Å². The molecule has 2 unspecified atom stereocenters. The summed E-state index contributed by atoms with van der Waals surface area (Å²) in [4.78, 5) is 9.89. The summed E-state index contributed by atoms with van der Waals surface area (Å²) in [5, 5.41) is -0.521. The van der Waals surface area contributed by atoms with Crippen LogP contribution in [0.1, 0.15) is 54.6 Å². The predicted octanol–water partition coefficient (Wildman–Crippen LogP) is 9.00. The Balaban J connectivity index is 0.000000500. The van der Waals surface area contributed by atoms with Crippen molar-refractivity contribution in [2.45, 2.75) is 42.7 Å². The van der Waals surface area contributed by atoms with E-state index in [1.807, 2.05) is 54.9 Å². The first kappa shape index (κ1) is 30.6. The first-order chi connectivity index (χ1) is 20.6. The van der Waals surface area contributed by atoms with Gasteiger partial charge in [-0.05, 0) is 91.6 Å². The van der Waals surface area contributed by atoms with Gasteiger partial charge in [0.25, 0.3) is 0 Å². The first-order valence-electron chi connectivity index (χ1n) is 15.5. The summed E-state index contributed by atoms with van der Waals surface area (Å²) in [6.07, 6.45) is 12.0. The molecule has 0 N–H and O–H groups in total. The number of benzene rings is 1. The van der Waals surface area contributed by atoms with E-state index in [1.165, 1.54) is 48.8 Å². The summed E-state index contributed by atoms with van der Waals surface area (Å²) in [7, 11) is 6.45. The molecule has 5 heteroatoms. The SMILES string of the molecule is PCC1([c-]2cc(-c3ccccc3)cc2C(P)(c2ccccn2)c2ccccn2)C2CC3CC(C2)CC1C3.[Fe].[cH-]1[cH-][cH-][cH-][cH-]1. The van der Waals surface area contributed by atoms with Gasteiger partial charge in [-0.25, -0.2) is 6.07 Å². The summed E-state index contributed by atoms with van der Waals surface area (Å²) in [5.41, 5.74) is 7.76. The monoisotopic (exact) mass is 642 g/mol. The molecule has 2 heterocycles. The zero-order valence-corrected chi connectivity index (χ0v) is 27.9. The Hall–Kier alpha value is -2.40. The van der Waals surface area contributed by atoms with Crippen molar-refractivity contribution in [3.05, 3.63) is 144 Å². The second-order valence-corrected chi connectivity index (χ2v) is 14.0. The third-order valence-corrected chi connectivity index (χ3v) is 12.1. The minimum absolute atomic E-state index is 0. The Morgan fingerprint density at radius 3 is 1.70 bits per heavy atom. The molecule has 9 rings (SSSR count). The van der Waals surface area contributed by atoms with Gasteiger partial charge in [-0.15, -0.1) is 29.6 Å². The van der Waals surface area contributed by atoms with Crippen LogP contribution >= 0.6 is 18.5 Å². The number of rotatable bonds is 6. The molecule has 4 aliphatic carbocycles. The molecule has 4 bridgehead atoms. The predicted molar refractivity (Wildman–Crippen MR) is 181 cm³/mol. The van der Waals surface area contributed by atoms with Crippen LogP contribution in [0.15, 0.2) is 122 Å². The van der Waals surface area contributed by atoms with E-state index in [0.717, 1.165) is 41.2 Å². The van der Waals surface area contributed by atoms with Crippen LogP contribution in [0.2, 0.25) is 0 Å². The largest absolute Gasteiger partial charge is 0.748 e. The Kier molecular flexibility index (Phi) is 9.19. The molecule has 0 aliphatic heterocycles. The molecule has 0 saturated heterocycles. The van der Waals surface area contributed by atoms with Crippen LogP contribution in [0.4, 0.5) is 0 Å². The Morgan fingerprint density at radius 1 is 0.721 bits per heavy atom. The summed E-state index contributed by atoms with van der Waals surface area (Å²) < 4.78 is 0. The molecule has 0 radical (unpaired) electrons. The summed E-state index contributed by atoms with van der Waals surface area (Å²) >= 11 is 0. The van der Waals surface area contributed by atoms with Crippen molar-refractivity contribution in [3.63, 3.8) is 0 Å². The van der Waals surface area contributed by atoms with Gasteiger partial charge in [-0.1, -0.05) is 48.0 Å². The van der Waals surface area contributed by atoms with Crippen molar-refractivity contribution in [1.29, 1.82) is 0 Å².